The molecule has 1 amide bonds. The number of carbonyl (C=O) groups excluding carboxylic acids is 1. The van der Waals surface area contributed by atoms with E-state index in [0.717, 1.165) is 12.8 Å². The van der Waals surface area contributed by atoms with Crippen LogP contribution in [-0.2, 0) is 4.79 Å². The summed E-state index contributed by atoms with van der Waals surface area (Å²) in [6.07, 6.45) is 2.31. The van der Waals surface area contributed by atoms with Gasteiger partial charge in [-0.3, -0.25) is 14.9 Å². The first kappa shape index (κ1) is 14.9. The van der Waals surface area contributed by atoms with E-state index in [1.54, 1.807) is 19.1 Å². The van der Waals surface area contributed by atoms with Crippen molar-refractivity contribution in [2.75, 3.05) is 17.2 Å². The Morgan fingerprint density at radius 1 is 1.37 bits per heavy atom. The minimum Gasteiger partial charge on any atom is -0.379 e. The topological polar surface area (TPSA) is 84.3 Å². The van der Waals surface area contributed by atoms with Crippen LogP contribution in [0.4, 0.5) is 17.1 Å². The van der Waals surface area contributed by atoms with Gasteiger partial charge in [-0.25, -0.2) is 0 Å². The summed E-state index contributed by atoms with van der Waals surface area (Å²) >= 11 is 0. The Bertz CT molecular complexity index is 460. The Morgan fingerprint density at radius 3 is 2.68 bits per heavy atom. The zero-order valence-corrected chi connectivity index (χ0v) is 11.2. The number of nitro groups is 1. The number of nitrogens with one attached hydrogen (secondary N) is 2. The number of benzene rings is 1. The monoisotopic (exact) mass is 265 g/mol. The number of unbranched alkanes of at least 4 members (excludes halogenated alkanes) is 1. The van der Waals surface area contributed by atoms with Crippen LogP contribution in [0.5, 0.6) is 0 Å². The number of nitro benzene ring substituents is 1. The van der Waals surface area contributed by atoms with Crippen molar-refractivity contribution in [1.29, 1.82) is 0 Å². The molecular weight excluding hydrogens is 246 g/mol. The van der Waals surface area contributed by atoms with Gasteiger partial charge in [0.05, 0.1) is 4.92 Å². The fraction of sp³-hybridized carbons (Fsp3) is 0.462. The summed E-state index contributed by atoms with van der Waals surface area (Å²) in [6, 6.07) is 4.66. The van der Waals surface area contributed by atoms with Crippen LogP contribution in [0.2, 0.25) is 0 Å². The highest BCUT2D eigenvalue weighted by Crippen LogP contribution is 2.28. The van der Waals surface area contributed by atoms with Crippen LogP contribution in [0.25, 0.3) is 0 Å². The molecule has 0 fully saturated rings. The molecule has 0 aliphatic rings. The van der Waals surface area contributed by atoms with E-state index in [1.165, 1.54) is 6.07 Å². The van der Waals surface area contributed by atoms with E-state index in [1.807, 2.05) is 0 Å². The smallest absolute Gasteiger partial charge is 0.294 e. The van der Waals surface area contributed by atoms with Gasteiger partial charge in [-0.1, -0.05) is 20.3 Å². The van der Waals surface area contributed by atoms with Crippen LogP contribution in [0, 0.1) is 10.1 Å². The molecule has 104 valence electrons. The first-order valence-corrected chi connectivity index (χ1v) is 6.40. The highest BCUT2D eigenvalue weighted by molar-refractivity contribution is 5.91. The summed E-state index contributed by atoms with van der Waals surface area (Å²) in [5.74, 6) is -0.166. The van der Waals surface area contributed by atoms with E-state index in [2.05, 4.69) is 17.6 Å². The number of hydrogen-bond donors (Lipinski definition) is 2. The third kappa shape index (κ3) is 4.57. The number of hydrogen-bond acceptors (Lipinski definition) is 4. The average molecular weight is 265 g/mol. The van der Waals surface area contributed by atoms with Gasteiger partial charge in [-0.15, -0.1) is 0 Å². The van der Waals surface area contributed by atoms with Crippen molar-refractivity contribution in [2.45, 2.75) is 33.1 Å². The lowest BCUT2D eigenvalue weighted by atomic mass is 10.2. The molecule has 0 atom stereocenters. The lowest BCUT2D eigenvalue weighted by molar-refractivity contribution is -0.383. The molecular formula is C13H19N3O3. The second-order valence-electron chi connectivity index (χ2n) is 4.17. The molecule has 0 heterocycles. The largest absolute Gasteiger partial charge is 0.379 e. The molecule has 0 aromatic heterocycles. The summed E-state index contributed by atoms with van der Waals surface area (Å²) in [7, 11) is 0. The molecule has 0 aliphatic heterocycles. The molecule has 0 saturated heterocycles. The SMILES string of the molecule is CCCCNc1ccc(NC(=O)CC)cc1[N+](=O)[O-]. The minimum atomic E-state index is -0.449. The van der Waals surface area contributed by atoms with Gasteiger partial charge in [0.2, 0.25) is 5.91 Å². The van der Waals surface area contributed by atoms with Gasteiger partial charge in [0, 0.05) is 24.7 Å². The highest BCUT2D eigenvalue weighted by atomic mass is 16.6. The van der Waals surface area contributed by atoms with Crippen LogP contribution in [0.1, 0.15) is 33.1 Å². The van der Waals surface area contributed by atoms with Gasteiger partial charge in [0.15, 0.2) is 0 Å². The molecule has 0 saturated carbocycles. The fourth-order valence-corrected chi connectivity index (χ4v) is 1.56. The van der Waals surface area contributed by atoms with Gasteiger partial charge in [-0.05, 0) is 18.6 Å². The van der Waals surface area contributed by atoms with E-state index >= 15 is 0 Å². The standard InChI is InChI=1S/C13H19N3O3/c1-3-5-8-14-11-7-6-10(15-13(17)4-2)9-12(11)16(18)19/h6-7,9,14H,3-5,8H2,1-2H3,(H,15,17). The van der Waals surface area contributed by atoms with Crippen molar-refractivity contribution in [3.63, 3.8) is 0 Å². The third-order valence-corrected chi connectivity index (χ3v) is 2.65. The van der Waals surface area contributed by atoms with Crippen molar-refractivity contribution in [3.05, 3.63) is 28.3 Å². The molecule has 1 aromatic carbocycles. The van der Waals surface area contributed by atoms with Crippen LogP contribution in [-0.4, -0.2) is 17.4 Å². The predicted octanol–water partition coefficient (Wildman–Crippen LogP) is 3.16. The van der Waals surface area contributed by atoms with Gasteiger partial charge in [0.25, 0.3) is 5.69 Å². The second kappa shape index (κ2) is 7.35. The van der Waals surface area contributed by atoms with E-state index in [4.69, 9.17) is 0 Å². The average Bonchev–Trinajstić information content (AvgIpc) is 2.40. The number of rotatable bonds is 7. The maximum absolute atomic E-state index is 11.3. The fourth-order valence-electron chi connectivity index (χ4n) is 1.56. The van der Waals surface area contributed by atoms with E-state index in [9.17, 15) is 14.9 Å². The first-order chi connectivity index (χ1) is 9.08. The molecule has 1 rings (SSSR count). The molecule has 0 bridgehead atoms. The summed E-state index contributed by atoms with van der Waals surface area (Å²) in [4.78, 5) is 21.8. The second-order valence-corrected chi connectivity index (χ2v) is 4.17. The Balaban J connectivity index is 2.88. The Hall–Kier alpha value is -2.11. The van der Waals surface area contributed by atoms with Gasteiger partial charge in [0.1, 0.15) is 5.69 Å². The van der Waals surface area contributed by atoms with Crippen LogP contribution in [0.3, 0.4) is 0 Å². The van der Waals surface area contributed by atoms with Crippen molar-refractivity contribution < 1.29 is 9.72 Å². The minimum absolute atomic E-state index is 0.0231. The Labute approximate surface area is 112 Å². The molecule has 0 aliphatic carbocycles. The van der Waals surface area contributed by atoms with Crippen LogP contribution < -0.4 is 10.6 Å². The van der Waals surface area contributed by atoms with Crippen molar-refractivity contribution in [2.24, 2.45) is 0 Å². The van der Waals surface area contributed by atoms with Crippen LogP contribution >= 0.6 is 0 Å². The van der Waals surface area contributed by atoms with E-state index in [0.29, 0.717) is 24.3 Å². The van der Waals surface area contributed by atoms with Gasteiger partial charge >= 0.3 is 0 Å². The summed E-state index contributed by atoms with van der Waals surface area (Å²) in [5, 5.41) is 16.7. The molecule has 6 nitrogen and oxygen atoms in total. The molecule has 0 spiro atoms. The predicted molar refractivity (Wildman–Crippen MR) is 75.4 cm³/mol. The number of anilines is 2. The zero-order valence-electron chi connectivity index (χ0n) is 11.2. The maximum Gasteiger partial charge on any atom is 0.294 e. The lowest BCUT2D eigenvalue weighted by Crippen LogP contribution is -2.10. The molecule has 0 radical (unpaired) electrons. The molecule has 1 aromatic rings. The normalized spacial score (nSPS) is 10.0. The summed E-state index contributed by atoms with van der Waals surface area (Å²) in [6.45, 7) is 4.47. The van der Waals surface area contributed by atoms with E-state index < -0.39 is 4.92 Å². The highest BCUT2D eigenvalue weighted by Gasteiger charge is 2.14. The number of carbonyl (C=O) groups is 1. The molecule has 6 heteroatoms. The first-order valence-electron chi connectivity index (χ1n) is 6.40. The van der Waals surface area contributed by atoms with Gasteiger partial charge < -0.3 is 10.6 Å². The van der Waals surface area contributed by atoms with Gasteiger partial charge in [-0.2, -0.15) is 0 Å². The Morgan fingerprint density at radius 2 is 2.11 bits per heavy atom. The van der Waals surface area contributed by atoms with Crippen molar-refractivity contribution in [1.82, 2.24) is 0 Å². The molecule has 0 unspecified atom stereocenters. The maximum atomic E-state index is 11.3. The Kier molecular flexibility index (Phi) is 5.78. The summed E-state index contributed by atoms with van der Waals surface area (Å²) in [5.41, 5.74) is 0.901. The third-order valence-electron chi connectivity index (χ3n) is 2.65. The quantitative estimate of drug-likeness (QED) is 0.450. The zero-order chi connectivity index (χ0) is 14.3. The van der Waals surface area contributed by atoms with Crippen molar-refractivity contribution >= 4 is 23.0 Å². The molecule has 19 heavy (non-hydrogen) atoms. The van der Waals surface area contributed by atoms with Crippen molar-refractivity contribution in [3.8, 4) is 0 Å². The molecule has 2 N–H and O–H groups in total. The van der Waals surface area contributed by atoms with Crippen LogP contribution in [0.15, 0.2) is 18.2 Å². The lowest BCUT2D eigenvalue weighted by Gasteiger charge is -2.09. The summed E-state index contributed by atoms with van der Waals surface area (Å²) < 4.78 is 0. The number of amides is 1. The van der Waals surface area contributed by atoms with E-state index in [-0.39, 0.29) is 11.6 Å². The number of nitrogens with zero attached hydrogens (tertiary/aromatic N) is 1.